The number of halogens is 1. The van der Waals surface area contributed by atoms with Crippen LogP contribution in [-0.4, -0.2) is 24.5 Å². The predicted molar refractivity (Wildman–Crippen MR) is 99.5 cm³/mol. The Kier molecular flexibility index (Phi) is 5.51. The zero-order valence-corrected chi connectivity index (χ0v) is 15.1. The van der Waals surface area contributed by atoms with Gasteiger partial charge in [-0.05, 0) is 43.6 Å². The van der Waals surface area contributed by atoms with Gasteiger partial charge in [0.05, 0.1) is 6.04 Å². The van der Waals surface area contributed by atoms with E-state index in [1.165, 1.54) is 50.5 Å². The van der Waals surface area contributed by atoms with E-state index in [1.807, 2.05) is 0 Å². The number of hydrogen-bond donors (Lipinski definition) is 2. The summed E-state index contributed by atoms with van der Waals surface area (Å²) in [5.74, 6) is 0.952. The van der Waals surface area contributed by atoms with Crippen LogP contribution in [0.1, 0.15) is 56.9 Å². The fourth-order valence-corrected chi connectivity index (χ4v) is 4.86. The van der Waals surface area contributed by atoms with Gasteiger partial charge < -0.3 is 10.6 Å². The van der Waals surface area contributed by atoms with Crippen LogP contribution in [0, 0.1) is 5.92 Å². The van der Waals surface area contributed by atoms with Gasteiger partial charge in [-0.3, -0.25) is 4.79 Å². The Balaban J connectivity index is 0.00000169. The fourth-order valence-electron chi connectivity index (χ4n) is 4.86. The number of carbonyl (C=O) groups is 1. The molecule has 3 aliphatic rings. The molecule has 1 aromatic carbocycles. The van der Waals surface area contributed by atoms with E-state index in [-0.39, 0.29) is 29.8 Å². The number of benzene rings is 1. The maximum Gasteiger partial charge on any atom is 0.237 e. The Morgan fingerprint density at radius 2 is 1.88 bits per heavy atom. The molecule has 1 amide bonds. The molecule has 3 nitrogen and oxygen atoms in total. The standard InChI is InChI=1S/C20H28N2O.ClH/c23-19(18-13-15-7-4-5-10-17(15)22-18)21-14-20(11-6-12-20)16-8-2-1-3-9-16;/h1-3,8-9,15,17-18,22H,4-7,10-14H2,(H,21,23);1H. The summed E-state index contributed by atoms with van der Waals surface area (Å²) < 4.78 is 0. The van der Waals surface area contributed by atoms with Crippen molar-refractivity contribution in [2.24, 2.45) is 5.92 Å². The van der Waals surface area contributed by atoms with Crippen LogP contribution >= 0.6 is 12.4 Å². The second-order valence-corrected chi connectivity index (χ2v) is 7.82. The third-order valence-corrected chi connectivity index (χ3v) is 6.48. The van der Waals surface area contributed by atoms with Gasteiger partial charge >= 0.3 is 0 Å². The lowest BCUT2D eigenvalue weighted by molar-refractivity contribution is -0.123. The van der Waals surface area contributed by atoms with Gasteiger partial charge in [0.2, 0.25) is 5.91 Å². The van der Waals surface area contributed by atoms with Crippen molar-refractivity contribution in [1.29, 1.82) is 0 Å². The van der Waals surface area contributed by atoms with E-state index >= 15 is 0 Å². The zero-order valence-electron chi connectivity index (χ0n) is 14.3. The summed E-state index contributed by atoms with van der Waals surface area (Å²) in [6.45, 7) is 0.795. The summed E-state index contributed by atoms with van der Waals surface area (Å²) in [7, 11) is 0. The molecule has 3 atom stereocenters. The minimum absolute atomic E-state index is 0. The zero-order chi connectivity index (χ0) is 15.7. The first kappa shape index (κ1) is 17.8. The van der Waals surface area contributed by atoms with E-state index in [2.05, 4.69) is 41.0 Å². The molecule has 2 saturated carbocycles. The molecular formula is C20H29ClN2O. The Labute approximate surface area is 151 Å². The molecule has 3 unspecified atom stereocenters. The van der Waals surface area contributed by atoms with Crippen LogP contribution in [0.5, 0.6) is 0 Å². The molecule has 24 heavy (non-hydrogen) atoms. The van der Waals surface area contributed by atoms with Crippen molar-refractivity contribution in [3.63, 3.8) is 0 Å². The topological polar surface area (TPSA) is 41.1 Å². The largest absolute Gasteiger partial charge is 0.354 e. The molecular weight excluding hydrogens is 320 g/mol. The Bertz CT molecular complexity index is 544. The van der Waals surface area contributed by atoms with Crippen molar-refractivity contribution < 1.29 is 4.79 Å². The second-order valence-electron chi connectivity index (χ2n) is 7.82. The second kappa shape index (κ2) is 7.45. The van der Waals surface area contributed by atoms with Crippen molar-refractivity contribution in [1.82, 2.24) is 10.6 Å². The molecule has 1 aromatic rings. The maximum atomic E-state index is 12.6. The number of nitrogens with one attached hydrogen (secondary N) is 2. The highest BCUT2D eigenvalue weighted by Gasteiger charge is 2.41. The van der Waals surface area contributed by atoms with Gasteiger partial charge in [0.15, 0.2) is 0 Å². The van der Waals surface area contributed by atoms with Crippen molar-refractivity contribution in [3.8, 4) is 0 Å². The summed E-state index contributed by atoms with van der Waals surface area (Å²) in [5.41, 5.74) is 1.57. The molecule has 3 fully saturated rings. The molecule has 0 bridgehead atoms. The van der Waals surface area contributed by atoms with E-state index in [0.29, 0.717) is 6.04 Å². The molecule has 132 valence electrons. The average Bonchev–Trinajstić information content (AvgIpc) is 2.99. The van der Waals surface area contributed by atoms with Crippen LogP contribution in [0.25, 0.3) is 0 Å². The van der Waals surface area contributed by atoms with Crippen LogP contribution in [0.3, 0.4) is 0 Å². The summed E-state index contributed by atoms with van der Waals surface area (Å²) in [6.07, 6.45) is 9.92. The predicted octanol–water partition coefficient (Wildman–Crippen LogP) is 3.57. The highest BCUT2D eigenvalue weighted by atomic mass is 35.5. The van der Waals surface area contributed by atoms with Crippen molar-refractivity contribution >= 4 is 18.3 Å². The van der Waals surface area contributed by atoms with Gasteiger partial charge in [-0.25, -0.2) is 0 Å². The van der Waals surface area contributed by atoms with E-state index in [0.717, 1.165) is 18.9 Å². The summed E-state index contributed by atoms with van der Waals surface area (Å²) in [4.78, 5) is 12.6. The molecule has 2 N–H and O–H groups in total. The minimum Gasteiger partial charge on any atom is -0.354 e. The smallest absolute Gasteiger partial charge is 0.237 e. The fraction of sp³-hybridized carbons (Fsp3) is 0.650. The molecule has 4 rings (SSSR count). The number of rotatable bonds is 4. The van der Waals surface area contributed by atoms with Crippen LogP contribution in [0.15, 0.2) is 30.3 Å². The minimum atomic E-state index is 0. The molecule has 0 radical (unpaired) electrons. The van der Waals surface area contributed by atoms with Gasteiger partial charge in [0.25, 0.3) is 0 Å². The first-order chi connectivity index (χ1) is 11.3. The monoisotopic (exact) mass is 348 g/mol. The van der Waals surface area contributed by atoms with Gasteiger partial charge in [0.1, 0.15) is 0 Å². The lowest BCUT2D eigenvalue weighted by Crippen LogP contribution is -2.50. The molecule has 1 heterocycles. The number of hydrogen-bond acceptors (Lipinski definition) is 2. The highest BCUT2D eigenvalue weighted by Crippen LogP contribution is 2.43. The molecule has 1 saturated heterocycles. The molecule has 0 aromatic heterocycles. The first-order valence-corrected chi connectivity index (χ1v) is 9.36. The summed E-state index contributed by atoms with van der Waals surface area (Å²) >= 11 is 0. The highest BCUT2D eigenvalue weighted by molar-refractivity contribution is 5.85. The lowest BCUT2D eigenvalue weighted by Gasteiger charge is -2.42. The Hall–Kier alpha value is -1.06. The van der Waals surface area contributed by atoms with E-state index in [4.69, 9.17) is 0 Å². The lowest BCUT2D eigenvalue weighted by atomic mass is 9.64. The average molecular weight is 349 g/mol. The van der Waals surface area contributed by atoms with Gasteiger partial charge in [0, 0.05) is 18.0 Å². The van der Waals surface area contributed by atoms with Gasteiger partial charge in [-0.15, -0.1) is 12.4 Å². The Morgan fingerprint density at radius 1 is 1.12 bits per heavy atom. The Morgan fingerprint density at radius 3 is 2.54 bits per heavy atom. The van der Waals surface area contributed by atoms with E-state index in [9.17, 15) is 4.79 Å². The molecule has 2 aliphatic carbocycles. The third-order valence-electron chi connectivity index (χ3n) is 6.48. The summed E-state index contributed by atoms with van der Waals surface area (Å²) in [6, 6.07) is 11.4. The number of fused-ring (bicyclic) bond motifs is 1. The van der Waals surface area contributed by atoms with Crippen molar-refractivity contribution in [3.05, 3.63) is 35.9 Å². The molecule has 1 aliphatic heterocycles. The maximum absolute atomic E-state index is 12.6. The number of amides is 1. The van der Waals surface area contributed by atoms with Gasteiger partial charge in [-0.1, -0.05) is 49.6 Å². The van der Waals surface area contributed by atoms with Crippen LogP contribution in [-0.2, 0) is 10.2 Å². The molecule has 0 spiro atoms. The third kappa shape index (κ3) is 3.34. The number of carbonyl (C=O) groups excluding carboxylic acids is 1. The first-order valence-electron chi connectivity index (χ1n) is 9.36. The van der Waals surface area contributed by atoms with Crippen LogP contribution < -0.4 is 10.6 Å². The normalized spacial score (nSPS) is 30.6. The quantitative estimate of drug-likeness (QED) is 0.873. The molecule has 4 heteroatoms. The van der Waals surface area contributed by atoms with E-state index < -0.39 is 0 Å². The SMILES string of the molecule is Cl.O=C(NCC1(c2ccccc2)CCC1)C1CC2CCCCC2N1. The van der Waals surface area contributed by atoms with E-state index in [1.54, 1.807) is 0 Å². The van der Waals surface area contributed by atoms with Crippen molar-refractivity contribution in [2.75, 3.05) is 6.54 Å². The summed E-state index contributed by atoms with van der Waals surface area (Å²) in [5, 5.41) is 6.87. The van der Waals surface area contributed by atoms with Crippen molar-refractivity contribution in [2.45, 2.75) is 68.9 Å². The van der Waals surface area contributed by atoms with Crippen LogP contribution in [0.4, 0.5) is 0 Å². The van der Waals surface area contributed by atoms with Crippen LogP contribution in [0.2, 0.25) is 0 Å². The van der Waals surface area contributed by atoms with Gasteiger partial charge in [-0.2, -0.15) is 0 Å².